The van der Waals surface area contributed by atoms with Crippen molar-refractivity contribution in [2.45, 2.75) is 13.1 Å². The maximum atomic E-state index is 12.4. The Morgan fingerprint density at radius 2 is 2.00 bits per heavy atom. The topological polar surface area (TPSA) is 66.1 Å². The summed E-state index contributed by atoms with van der Waals surface area (Å²) in [4.78, 5) is 26.8. The predicted molar refractivity (Wildman–Crippen MR) is 58.3 cm³/mol. The molecule has 2 aromatic rings. The van der Waals surface area contributed by atoms with Crippen LogP contribution in [0.3, 0.4) is 0 Å². The molecule has 0 aliphatic rings. The zero-order valence-electron chi connectivity index (χ0n) is 9.90. The molecule has 0 atom stereocenters. The summed E-state index contributed by atoms with van der Waals surface area (Å²) in [6, 6.07) is 4.52. The number of aromatic nitrogens is 3. The van der Waals surface area contributed by atoms with Crippen molar-refractivity contribution in [3.8, 4) is 5.82 Å². The zero-order chi connectivity index (χ0) is 14.2. The third-order valence-electron chi connectivity index (χ3n) is 2.37. The van der Waals surface area contributed by atoms with Gasteiger partial charge in [0.05, 0.1) is 5.56 Å². The van der Waals surface area contributed by atoms with Gasteiger partial charge in [0.2, 0.25) is 5.56 Å². The van der Waals surface area contributed by atoms with E-state index in [9.17, 15) is 22.8 Å². The molecule has 2 aromatic heterocycles. The normalized spacial score (nSPS) is 11.0. The molecule has 0 saturated heterocycles. The Kier molecular flexibility index (Phi) is 4.74. The van der Waals surface area contributed by atoms with Crippen LogP contribution in [0.5, 0.6) is 0 Å². The summed E-state index contributed by atoms with van der Waals surface area (Å²) in [6.45, 7) is 1.17. The number of Topliss-reactive ketones (excluding diaryl/α,β-unsaturated/α-hetero) is 1. The number of halogens is 3. The standard InChI is InChI=1S/C11H8F3N3O2.Ag/c1-6-8(9(18)11(12,13)14)10(19)17(16-6)7-4-2-3-5-15-7;/h2-5H,1H3,(H,16,18,19);/q;+1/p-1. The van der Waals surface area contributed by atoms with Gasteiger partial charge in [-0.05, 0) is 12.1 Å². The van der Waals surface area contributed by atoms with Gasteiger partial charge < -0.3 is 9.78 Å². The van der Waals surface area contributed by atoms with Crippen LogP contribution in [0.15, 0.2) is 29.2 Å². The van der Waals surface area contributed by atoms with Gasteiger partial charge in [0, 0.05) is 6.20 Å². The Balaban J connectivity index is 0.00000200. The first-order valence-corrected chi connectivity index (χ1v) is 5.12. The van der Waals surface area contributed by atoms with E-state index in [4.69, 9.17) is 0 Å². The van der Waals surface area contributed by atoms with E-state index in [1.807, 2.05) is 0 Å². The Labute approximate surface area is 126 Å². The first-order valence-electron chi connectivity index (χ1n) is 5.12. The van der Waals surface area contributed by atoms with Crippen molar-refractivity contribution in [1.29, 1.82) is 0 Å². The molecule has 0 bridgehead atoms. The van der Waals surface area contributed by atoms with Crippen molar-refractivity contribution >= 4 is 5.78 Å². The molecule has 0 N–H and O–H groups in total. The van der Waals surface area contributed by atoms with Gasteiger partial charge in [0.25, 0.3) is 5.78 Å². The van der Waals surface area contributed by atoms with Crippen molar-refractivity contribution < 1.29 is 40.3 Å². The fourth-order valence-electron chi connectivity index (χ4n) is 1.54. The molecule has 2 rings (SSSR count). The number of aryl methyl sites for hydroxylation is 1. The van der Waals surface area contributed by atoms with Crippen molar-refractivity contribution in [3.05, 3.63) is 46.0 Å². The first-order chi connectivity index (χ1) is 8.82. The Bertz CT molecular complexity index is 676. The maximum absolute atomic E-state index is 12.4. The van der Waals surface area contributed by atoms with E-state index < -0.39 is 23.1 Å². The van der Waals surface area contributed by atoms with Gasteiger partial charge in [-0.15, -0.1) is 5.69 Å². The summed E-state index contributed by atoms with van der Waals surface area (Å²) in [7, 11) is 0. The molecule has 0 radical (unpaired) electrons. The van der Waals surface area contributed by atoms with Gasteiger partial charge in [-0.25, -0.2) is 4.98 Å². The second-order valence-corrected chi connectivity index (χ2v) is 3.69. The van der Waals surface area contributed by atoms with E-state index in [2.05, 4.69) is 10.1 Å². The van der Waals surface area contributed by atoms with Crippen LogP contribution in [0.1, 0.15) is 16.1 Å². The SMILES string of the molecule is Cc1[n-]n(-c2ccccn2)c(=O)c1C(=O)C(F)(F)F.[Ag+]. The van der Waals surface area contributed by atoms with E-state index in [0.717, 1.165) is 0 Å². The number of carbonyl (C=O) groups excluding carboxylic acids is 1. The third kappa shape index (κ3) is 2.92. The van der Waals surface area contributed by atoms with E-state index in [0.29, 0.717) is 4.68 Å². The van der Waals surface area contributed by atoms with E-state index >= 15 is 0 Å². The maximum Gasteiger partial charge on any atom is 1.00 e. The van der Waals surface area contributed by atoms with Crippen molar-refractivity contribution in [1.82, 2.24) is 14.8 Å². The van der Waals surface area contributed by atoms with E-state index in [-0.39, 0.29) is 33.9 Å². The number of nitrogens with zero attached hydrogens (tertiary/aromatic N) is 3. The summed E-state index contributed by atoms with van der Waals surface area (Å²) >= 11 is 0. The third-order valence-corrected chi connectivity index (χ3v) is 2.37. The van der Waals surface area contributed by atoms with Gasteiger partial charge >= 0.3 is 28.6 Å². The summed E-state index contributed by atoms with van der Waals surface area (Å²) in [5, 5.41) is 3.64. The van der Waals surface area contributed by atoms with Gasteiger partial charge in [0.15, 0.2) is 0 Å². The van der Waals surface area contributed by atoms with Crippen LogP contribution in [-0.2, 0) is 22.4 Å². The minimum absolute atomic E-state index is 0. The Morgan fingerprint density at radius 1 is 1.35 bits per heavy atom. The minimum atomic E-state index is -5.11. The fourth-order valence-corrected chi connectivity index (χ4v) is 1.54. The number of pyridine rings is 1. The molecular weight excluding hydrogens is 371 g/mol. The van der Waals surface area contributed by atoms with E-state index in [1.54, 1.807) is 12.1 Å². The molecule has 0 aromatic carbocycles. The molecule has 0 aliphatic carbocycles. The van der Waals surface area contributed by atoms with Crippen LogP contribution in [-0.4, -0.2) is 21.6 Å². The van der Waals surface area contributed by atoms with E-state index in [1.165, 1.54) is 19.2 Å². The number of carbonyl (C=O) groups is 1. The molecule has 2 heterocycles. The van der Waals surface area contributed by atoms with Crippen LogP contribution in [0.4, 0.5) is 13.2 Å². The van der Waals surface area contributed by atoms with Crippen LogP contribution in [0.25, 0.3) is 5.82 Å². The number of hydrogen-bond donors (Lipinski definition) is 0. The number of alkyl halides is 3. The van der Waals surface area contributed by atoms with Crippen LogP contribution >= 0.6 is 0 Å². The Hall–Kier alpha value is -1.64. The molecule has 0 aliphatic heterocycles. The predicted octanol–water partition coefficient (Wildman–Crippen LogP) is 1.24. The molecule has 0 amide bonds. The van der Waals surface area contributed by atoms with Crippen LogP contribution in [0.2, 0.25) is 0 Å². The molecular formula is C11H7AgF3N3O2. The molecule has 5 nitrogen and oxygen atoms in total. The summed E-state index contributed by atoms with van der Waals surface area (Å²) in [5.41, 5.74) is -2.38. The molecule has 0 fully saturated rings. The Morgan fingerprint density at radius 3 is 2.50 bits per heavy atom. The monoisotopic (exact) mass is 377 g/mol. The molecule has 0 spiro atoms. The quantitative estimate of drug-likeness (QED) is 0.583. The first kappa shape index (κ1) is 16.4. The van der Waals surface area contributed by atoms with Gasteiger partial charge in [-0.1, -0.05) is 13.0 Å². The number of rotatable bonds is 2. The van der Waals surface area contributed by atoms with Gasteiger partial charge in [-0.3, -0.25) is 9.59 Å². The second-order valence-electron chi connectivity index (χ2n) is 3.69. The average Bonchev–Trinajstić information content (AvgIpc) is 2.64. The molecule has 0 unspecified atom stereocenters. The molecule has 20 heavy (non-hydrogen) atoms. The molecule has 9 heteroatoms. The second kappa shape index (κ2) is 5.78. The summed E-state index contributed by atoms with van der Waals surface area (Å²) < 4.78 is 37.8. The van der Waals surface area contributed by atoms with Crippen LogP contribution in [0, 0.1) is 6.92 Å². The van der Waals surface area contributed by atoms with Crippen LogP contribution < -0.4 is 10.7 Å². The minimum Gasteiger partial charge on any atom is -0.589 e. The zero-order valence-corrected chi connectivity index (χ0v) is 11.4. The van der Waals surface area contributed by atoms with Gasteiger partial charge in [-0.2, -0.15) is 13.2 Å². The molecule has 0 saturated carbocycles. The van der Waals surface area contributed by atoms with Gasteiger partial charge in [0.1, 0.15) is 5.82 Å². The fraction of sp³-hybridized carbons (Fsp3) is 0.182. The largest absolute Gasteiger partial charge is 1.00 e. The molecule has 110 valence electrons. The average molecular weight is 378 g/mol. The summed E-state index contributed by atoms with van der Waals surface area (Å²) in [5.74, 6) is -2.14. The number of hydrogen-bond acceptors (Lipinski definition) is 3. The van der Waals surface area contributed by atoms with Crippen molar-refractivity contribution in [3.63, 3.8) is 0 Å². The smallest absolute Gasteiger partial charge is 0.589 e. The summed E-state index contributed by atoms with van der Waals surface area (Å²) in [6.07, 6.45) is -3.75. The van der Waals surface area contributed by atoms with Crippen molar-refractivity contribution in [2.75, 3.05) is 0 Å². The van der Waals surface area contributed by atoms with Crippen molar-refractivity contribution in [2.24, 2.45) is 0 Å². The number of ketones is 1.